The highest BCUT2D eigenvalue weighted by atomic mass is 127. The van der Waals surface area contributed by atoms with Crippen LogP contribution in [-0.2, 0) is 13.1 Å². The molecule has 0 saturated carbocycles. The first-order chi connectivity index (χ1) is 10.7. The number of guanidine groups is 1. The number of benzene rings is 1. The minimum Gasteiger partial charge on any atom is -0.356 e. The summed E-state index contributed by atoms with van der Waals surface area (Å²) >= 11 is 0. The number of hydrogen-bond donors (Lipinski definition) is 2. The summed E-state index contributed by atoms with van der Waals surface area (Å²) in [6.07, 6.45) is 4.80. The Hall–Kier alpha value is -1.64. The molecule has 0 radical (unpaired) electrons. The van der Waals surface area contributed by atoms with Crippen molar-refractivity contribution in [3.63, 3.8) is 0 Å². The third-order valence-corrected chi connectivity index (χ3v) is 3.25. The number of halogens is 2. The quantitative estimate of drug-likeness (QED) is 0.320. The Morgan fingerprint density at radius 3 is 2.74 bits per heavy atom. The lowest BCUT2D eigenvalue weighted by molar-refractivity contribution is 0.569. The lowest BCUT2D eigenvalue weighted by atomic mass is 10.2. The second-order valence-electron chi connectivity index (χ2n) is 5.08. The molecular weight excluding hydrogens is 408 g/mol. The molecule has 1 aromatic carbocycles. The highest BCUT2D eigenvalue weighted by Crippen LogP contribution is 2.05. The van der Waals surface area contributed by atoms with Crippen LogP contribution in [0.5, 0.6) is 0 Å². The summed E-state index contributed by atoms with van der Waals surface area (Å²) in [6.45, 7) is 4.06. The second kappa shape index (κ2) is 10.2. The molecule has 2 rings (SSSR count). The van der Waals surface area contributed by atoms with E-state index in [9.17, 15) is 4.39 Å². The summed E-state index contributed by atoms with van der Waals surface area (Å²) in [7, 11) is 1.70. The maximum absolute atomic E-state index is 13.5. The summed E-state index contributed by atoms with van der Waals surface area (Å²) in [4.78, 5) is 4.13. The molecule has 0 saturated heterocycles. The zero-order valence-corrected chi connectivity index (χ0v) is 15.8. The van der Waals surface area contributed by atoms with Crippen LogP contribution in [0.25, 0.3) is 0 Å². The molecule has 0 aliphatic rings. The smallest absolute Gasteiger partial charge is 0.191 e. The lowest BCUT2D eigenvalue weighted by Gasteiger charge is -2.12. The molecule has 7 heteroatoms. The molecule has 23 heavy (non-hydrogen) atoms. The van der Waals surface area contributed by atoms with E-state index in [0.717, 1.165) is 25.1 Å². The van der Waals surface area contributed by atoms with Gasteiger partial charge in [-0.25, -0.2) is 4.39 Å². The predicted molar refractivity (Wildman–Crippen MR) is 102 cm³/mol. The Morgan fingerprint density at radius 2 is 2.09 bits per heavy atom. The Balaban J connectivity index is 0.00000264. The number of hydrogen-bond acceptors (Lipinski definition) is 2. The number of rotatable bonds is 6. The van der Waals surface area contributed by atoms with E-state index in [1.807, 2.05) is 30.1 Å². The third kappa shape index (κ3) is 6.55. The van der Waals surface area contributed by atoms with Gasteiger partial charge in [0.2, 0.25) is 0 Å². The van der Waals surface area contributed by atoms with Gasteiger partial charge in [-0.1, -0.05) is 18.2 Å². The average Bonchev–Trinajstić information content (AvgIpc) is 2.93. The van der Waals surface area contributed by atoms with E-state index in [1.54, 1.807) is 19.2 Å². The summed E-state index contributed by atoms with van der Waals surface area (Å²) in [5.41, 5.74) is 1.78. The van der Waals surface area contributed by atoms with Crippen LogP contribution in [0.2, 0.25) is 0 Å². The molecular formula is C16H23FIN5. The number of aryl methyl sites for hydroxylation is 2. The van der Waals surface area contributed by atoms with E-state index >= 15 is 0 Å². The highest BCUT2D eigenvalue weighted by molar-refractivity contribution is 14.0. The minimum absolute atomic E-state index is 0. The van der Waals surface area contributed by atoms with E-state index in [2.05, 4.69) is 20.7 Å². The van der Waals surface area contributed by atoms with Gasteiger partial charge in [0, 0.05) is 38.4 Å². The van der Waals surface area contributed by atoms with Crippen LogP contribution < -0.4 is 10.6 Å². The topological polar surface area (TPSA) is 54.2 Å². The van der Waals surface area contributed by atoms with Crippen LogP contribution in [0.4, 0.5) is 4.39 Å². The number of nitrogens with zero attached hydrogens (tertiary/aromatic N) is 3. The van der Waals surface area contributed by atoms with E-state index in [0.29, 0.717) is 18.1 Å². The number of nitrogens with one attached hydrogen (secondary N) is 2. The van der Waals surface area contributed by atoms with E-state index < -0.39 is 0 Å². The van der Waals surface area contributed by atoms with Gasteiger partial charge < -0.3 is 10.6 Å². The number of aromatic nitrogens is 2. The van der Waals surface area contributed by atoms with Crippen molar-refractivity contribution >= 4 is 29.9 Å². The first-order valence-electron chi connectivity index (χ1n) is 7.36. The molecule has 1 aromatic heterocycles. The van der Waals surface area contributed by atoms with Crippen LogP contribution in [0.3, 0.4) is 0 Å². The predicted octanol–water partition coefficient (Wildman–Crippen LogP) is 2.70. The Bertz CT molecular complexity index is 626. The molecule has 1 heterocycles. The van der Waals surface area contributed by atoms with Crippen LogP contribution in [-0.4, -0.2) is 29.3 Å². The van der Waals surface area contributed by atoms with Gasteiger partial charge in [0.15, 0.2) is 5.96 Å². The molecule has 0 unspecified atom stereocenters. The van der Waals surface area contributed by atoms with Gasteiger partial charge in [-0.15, -0.1) is 24.0 Å². The summed E-state index contributed by atoms with van der Waals surface area (Å²) < 4.78 is 15.5. The van der Waals surface area contributed by atoms with Gasteiger partial charge in [-0.2, -0.15) is 5.10 Å². The lowest BCUT2D eigenvalue weighted by Crippen LogP contribution is -2.37. The first-order valence-corrected chi connectivity index (χ1v) is 7.36. The molecule has 126 valence electrons. The van der Waals surface area contributed by atoms with Gasteiger partial charge in [0.25, 0.3) is 0 Å². The van der Waals surface area contributed by atoms with Gasteiger partial charge in [-0.05, 0) is 25.0 Å². The van der Waals surface area contributed by atoms with Crippen LogP contribution >= 0.6 is 24.0 Å². The fourth-order valence-electron chi connectivity index (χ4n) is 2.08. The summed E-state index contributed by atoms with van der Waals surface area (Å²) in [6, 6.07) is 6.72. The van der Waals surface area contributed by atoms with Gasteiger partial charge >= 0.3 is 0 Å². The number of aliphatic imine (C=N–C) groups is 1. The molecule has 0 amide bonds. The van der Waals surface area contributed by atoms with Gasteiger partial charge in [-0.3, -0.25) is 9.67 Å². The Labute approximate surface area is 153 Å². The largest absolute Gasteiger partial charge is 0.356 e. The van der Waals surface area contributed by atoms with Gasteiger partial charge in [0.05, 0.1) is 6.20 Å². The van der Waals surface area contributed by atoms with Gasteiger partial charge in [0.1, 0.15) is 5.82 Å². The molecule has 0 aliphatic heterocycles. The molecule has 2 aromatic rings. The standard InChI is InChI=1S/C16H22FN5.HI/c1-13-10-21-22(12-13)9-5-8-19-16(18-2)20-11-14-6-3-4-7-15(14)17;/h3-4,6-7,10,12H,5,8-9,11H2,1-2H3,(H2,18,19,20);1H. The van der Waals surface area contributed by atoms with Crippen molar-refractivity contribution in [3.05, 3.63) is 53.6 Å². The zero-order chi connectivity index (χ0) is 15.8. The van der Waals surface area contributed by atoms with Crippen molar-refractivity contribution in [2.75, 3.05) is 13.6 Å². The monoisotopic (exact) mass is 431 g/mol. The molecule has 0 spiro atoms. The van der Waals surface area contributed by atoms with E-state index in [-0.39, 0.29) is 29.8 Å². The third-order valence-electron chi connectivity index (χ3n) is 3.25. The first kappa shape index (κ1) is 19.4. The minimum atomic E-state index is -0.209. The Kier molecular flexibility index (Phi) is 8.60. The maximum Gasteiger partial charge on any atom is 0.191 e. The van der Waals surface area contributed by atoms with Crippen molar-refractivity contribution < 1.29 is 4.39 Å². The van der Waals surface area contributed by atoms with Crippen molar-refractivity contribution in [2.24, 2.45) is 4.99 Å². The molecule has 2 N–H and O–H groups in total. The molecule has 0 fully saturated rings. The van der Waals surface area contributed by atoms with Crippen molar-refractivity contribution in [2.45, 2.75) is 26.4 Å². The van der Waals surface area contributed by atoms with E-state index in [1.165, 1.54) is 6.07 Å². The molecule has 5 nitrogen and oxygen atoms in total. The molecule has 0 atom stereocenters. The Morgan fingerprint density at radius 1 is 1.30 bits per heavy atom. The highest BCUT2D eigenvalue weighted by Gasteiger charge is 2.02. The summed E-state index contributed by atoms with van der Waals surface area (Å²) in [5.74, 6) is 0.458. The van der Waals surface area contributed by atoms with Crippen molar-refractivity contribution in [1.82, 2.24) is 20.4 Å². The zero-order valence-electron chi connectivity index (χ0n) is 13.4. The van der Waals surface area contributed by atoms with Crippen LogP contribution in [0.1, 0.15) is 17.5 Å². The van der Waals surface area contributed by atoms with E-state index in [4.69, 9.17) is 0 Å². The van der Waals surface area contributed by atoms with Crippen molar-refractivity contribution in [1.29, 1.82) is 0 Å². The second-order valence-corrected chi connectivity index (χ2v) is 5.08. The van der Waals surface area contributed by atoms with Crippen molar-refractivity contribution in [3.8, 4) is 0 Å². The normalized spacial score (nSPS) is 11.0. The fourth-order valence-corrected chi connectivity index (χ4v) is 2.08. The van der Waals surface area contributed by atoms with Crippen LogP contribution in [0.15, 0.2) is 41.7 Å². The fraction of sp³-hybridized carbons (Fsp3) is 0.375. The maximum atomic E-state index is 13.5. The summed E-state index contributed by atoms with van der Waals surface area (Å²) in [5, 5.41) is 10.6. The average molecular weight is 431 g/mol. The SMILES string of the molecule is CN=C(NCCCn1cc(C)cn1)NCc1ccccc1F.I. The molecule has 0 bridgehead atoms. The van der Waals surface area contributed by atoms with Crippen LogP contribution in [0, 0.1) is 12.7 Å². The molecule has 0 aliphatic carbocycles.